The molecular weight excluding hydrogens is 413 g/mol. The van der Waals surface area contributed by atoms with Crippen LogP contribution in [0.5, 0.6) is 0 Å². The number of benzene rings is 1. The molecule has 1 aliphatic rings. The first-order chi connectivity index (χ1) is 11.1. The van der Waals surface area contributed by atoms with Crippen molar-refractivity contribution in [1.82, 2.24) is 15.1 Å². The standard InChI is InChI=1S/C18H29N5.HI/c1-16(2)14-21-18(19)20-8-9-22-10-12-23(13-11-22)15-17-6-4-3-5-7-17;/h3-7H,1,8-15H2,2H3,(H3,19,20,21);1H. The zero-order valence-corrected chi connectivity index (χ0v) is 16.9. The monoisotopic (exact) mass is 443 g/mol. The Kier molecular flexibility index (Phi) is 9.97. The van der Waals surface area contributed by atoms with Crippen molar-refractivity contribution in [2.45, 2.75) is 13.5 Å². The second-order valence-electron chi connectivity index (χ2n) is 6.19. The minimum atomic E-state index is 0. The number of nitrogens with zero attached hydrogens (tertiary/aromatic N) is 3. The van der Waals surface area contributed by atoms with E-state index in [-0.39, 0.29) is 24.0 Å². The maximum atomic E-state index is 5.82. The average molecular weight is 443 g/mol. The summed E-state index contributed by atoms with van der Waals surface area (Å²) in [5, 5.41) is 3.17. The number of hydrogen-bond donors (Lipinski definition) is 2. The van der Waals surface area contributed by atoms with E-state index in [9.17, 15) is 0 Å². The third-order valence-corrected chi connectivity index (χ3v) is 3.97. The van der Waals surface area contributed by atoms with E-state index < -0.39 is 0 Å². The number of aliphatic imine (C=N–C) groups is 1. The molecule has 1 aromatic carbocycles. The minimum Gasteiger partial charge on any atom is -0.370 e. The van der Waals surface area contributed by atoms with Gasteiger partial charge in [-0.2, -0.15) is 0 Å². The van der Waals surface area contributed by atoms with Gasteiger partial charge in [-0.3, -0.25) is 9.80 Å². The topological polar surface area (TPSA) is 56.9 Å². The molecule has 0 aromatic heterocycles. The molecule has 2 rings (SSSR count). The lowest BCUT2D eigenvalue weighted by Gasteiger charge is -2.34. The van der Waals surface area contributed by atoms with Gasteiger partial charge < -0.3 is 11.1 Å². The third kappa shape index (κ3) is 8.12. The summed E-state index contributed by atoms with van der Waals surface area (Å²) in [4.78, 5) is 9.21. The lowest BCUT2D eigenvalue weighted by molar-refractivity contribution is 0.129. The van der Waals surface area contributed by atoms with Crippen molar-refractivity contribution >= 4 is 29.9 Å². The molecule has 0 atom stereocenters. The van der Waals surface area contributed by atoms with E-state index in [1.165, 1.54) is 5.56 Å². The van der Waals surface area contributed by atoms with Crippen LogP contribution in [0, 0.1) is 0 Å². The molecular formula is C18H30IN5. The fourth-order valence-electron chi connectivity index (χ4n) is 2.63. The number of nitrogens with two attached hydrogens (primary N) is 1. The van der Waals surface area contributed by atoms with Gasteiger partial charge in [0.25, 0.3) is 0 Å². The first-order valence-corrected chi connectivity index (χ1v) is 8.30. The molecule has 1 aromatic rings. The Morgan fingerprint density at radius 1 is 1.17 bits per heavy atom. The van der Waals surface area contributed by atoms with Gasteiger partial charge in [0, 0.05) is 45.8 Å². The van der Waals surface area contributed by atoms with Gasteiger partial charge in [0.15, 0.2) is 5.96 Å². The molecule has 6 heteroatoms. The van der Waals surface area contributed by atoms with Gasteiger partial charge in [-0.25, -0.2) is 4.99 Å². The van der Waals surface area contributed by atoms with Crippen molar-refractivity contribution in [2.75, 3.05) is 45.8 Å². The Labute approximate surface area is 163 Å². The Hall–Kier alpha value is -1.12. The number of halogens is 1. The molecule has 0 aliphatic carbocycles. The van der Waals surface area contributed by atoms with Crippen LogP contribution in [0.1, 0.15) is 12.5 Å². The van der Waals surface area contributed by atoms with E-state index in [1.54, 1.807) is 0 Å². The Bertz CT molecular complexity index is 509. The van der Waals surface area contributed by atoms with Gasteiger partial charge in [0.05, 0.1) is 6.54 Å². The first kappa shape index (κ1) is 20.9. The molecule has 134 valence electrons. The smallest absolute Gasteiger partial charge is 0.188 e. The van der Waals surface area contributed by atoms with Crippen LogP contribution in [0.15, 0.2) is 47.5 Å². The van der Waals surface area contributed by atoms with Crippen LogP contribution >= 0.6 is 24.0 Å². The summed E-state index contributed by atoms with van der Waals surface area (Å²) in [5.41, 5.74) is 8.23. The van der Waals surface area contributed by atoms with Gasteiger partial charge in [0.1, 0.15) is 0 Å². The molecule has 0 bridgehead atoms. The van der Waals surface area contributed by atoms with Crippen molar-refractivity contribution in [3.63, 3.8) is 0 Å². The van der Waals surface area contributed by atoms with Gasteiger partial charge in [-0.15, -0.1) is 24.0 Å². The predicted molar refractivity (Wildman–Crippen MR) is 113 cm³/mol. The minimum absolute atomic E-state index is 0. The van der Waals surface area contributed by atoms with E-state index in [0.29, 0.717) is 12.5 Å². The van der Waals surface area contributed by atoms with Crippen molar-refractivity contribution in [3.05, 3.63) is 48.0 Å². The van der Waals surface area contributed by atoms with E-state index in [2.05, 4.69) is 57.0 Å². The number of nitrogens with one attached hydrogen (secondary N) is 1. The van der Waals surface area contributed by atoms with Crippen LogP contribution in [0.4, 0.5) is 0 Å². The Morgan fingerprint density at radius 2 is 1.79 bits per heavy atom. The average Bonchev–Trinajstić information content (AvgIpc) is 2.55. The lowest BCUT2D eigenvalue weighted by atomic mass is 10.2. The normalized spacial score (nSPS) is 16.5. The lowest BCUT2D eigenvalue weighted by Crippen LogP contribution is -2.48. The van der Waals surface area contributed by atoms with Gasteiger partial charge >= 0.3 is 0 Å². The molecule has 1 saturated heterocycles. The van der Waals surface area contributed by atoms with Crippen molar-refractivity contribution < 1.29 is 0 Å². The van der Waals surface area contributed by atoms with Crippen LogP contribution in [0.3, 0.4) is 0 Å². The van der Waals surface area contributed by atoms with E-state index in [0.717, 1.165) is 51.4 Å². The Balaban J connectivity index is 0.00000288. The van der Waals surface area contributed by atoms with Crippen LogP contribution in [-0.4, -0.2) is 61.6 Å². The molecule has 0 unspecified atom stereocenters. The summed E-state index contributed by atoms with van der Waals surface area (Å²) in [6.45, 7) is 13.7. The van der Waals surface area contributed by atoms with Crippen molar-refractivity contribution in [1.29, 1.82) is 0 Å². The highest BCUT2D eigenvalue weighted by Gasteiger charge is 2.16. The molecule has 0 saturated carbocycles. The first-order valence-electron chi connectivity index (χ1n) is 8.30. The third-order valence-electron chi connectivity index (χ3n) is 3.97. The summed E-state index contributed by atoms with van der Waals surface area (Å²) >= 11 is 0. The van der Waals surface area contributed by atoms with E-state index in [1.807, 2.05) is 6.92 Å². The molecule has 0 spiro atoms. The van der Waals surface area contributed by atoms with Crippen molar-refractivity contribution in [2.24, 2.45) is 10.7 Å². The van der Waals surface area contributed by atoms with Crippen LogP contribution in [-0.2, 0) is 6.54 Å². The Morgan fingerprint density at radius 3 is 2.42 bits per heavy atom. The van der Waals surface area contributed by atoms with Gasteiger partial charge in [0.2, 0.25) is 0 Å². The summed E-state index contributed by atoms with van der Waals surface area (Å²) in [7, 11) is 0. The maximum absolute atomic E-state index is 5.82. The van der Waals surface area contributed by atoms with Gasteiger partial charge in [-0.05, 0) is 12.5 Å². The highest BCUT2D eigenvalue weighted by molar-refractivity contribution is 14.0. The second-order valence-corrected chi connectivity index (χ2v) is 6.19. The number of rotatable bonds is 7. The molecule has 24 heavy (non-hydrogen) atoms. The number of piperazine rings is 1. The summed E-state index contributed by atoms with van der Waals surface area (Å²) in [5.74, 6) is 0.510. The molecule has 1 fully saturated rings. The number of guanidine groups is 1. The fourth-order valence-corrected chi connectivity index (χ4v) is 2.63. The summed E-state index contributed by atoms with van der Waals surface area (Å²) in [6, 6.07) is 10.7. The zero-order valence-electron chi connectivity index (χ0n) is 14.6. The largest absolute Gasteiger partial charge is 0.370 e. The van der Waals surface area contributed by atoms with Crippen molar-refractivity contribution in [3.8, 4) is 0 Å². The van der Waals surface area contributed by atoms with Crippen LogP contribution in [0.2, 0.25) is 0 Å². The van der Waals surface area contributed by atoms with E-state index >= 15 is 0 Å². The fraction of sp³-hybridized carbons (Fsp3) is 0.500. The van der Waals surface area contributed by atoms with E-state index in [4.69, 9.17) is 5.73 Å². The van der Waals surface area contributed by atoms with Crippen LogP contribution in [0.25, 0.3) is 0 Å². The molecule has 0 amide bonds. The summed E-state index contributed by atoms with van der Waals surface area (Å²) in [6.07, 6.45) is 0. The maximum Gasteiger partial charge on any atom is 0.188 e. The highest BCUT2D eigenvalue weighted by atomic mass is 127. The predicted octanol–water partition coefficient (Wildman–Crippen LogP) is 1.90. The molecule has 1 heterocycles. The number of hydrogen-bond acceptors (Lipinski definition) is 3. The second kappa shape index (κ2) is 11.4. The summed E-state index contributed by atoms with van der Waals surface area (Å²) < 4.78 is 0. The highest BCUT2D eigenvalue weighted by Crippen LogP contribution is 2.07. The zero-order chi connectivity index (χ0) is 16.5. The van der Waals surface area contributed by atoms with Gasteiger partial charge in [-0.1, -0.05) is 42.5 Å². The molecule has 1 aliphatic heterocycles. The molecule has 0 radical (unpaired) electrons. The SMILES string of the molecule is C=C(C)CN=C(N)NCCN1CCN(Cc2ccccc2)CC1.I. The molecule has 5 nitrogen and oxygen atoms in total. The van der Waals surface area contributed by atoms with Crippen LogP contribution < -0.4 is 11.1 Å². The molecule has 3 N–H and O–H groups in total. The quantitative estimate of drug-likeness (QED) is 0.293.